The molecule has 3 aromatic rings. The molecular weight excluding hydrogens is 453 g/mol. The van der Waals surface area contributed by atoms with E-state index in [0.29, 0.717) is 25.5 Å². The molecule has 0 bridgehead atoms. The Bertz CT molecular complexity index is 1120. The average Bonchev–Trinajstić information content (AvgIpc) is 3.39. The second-order valence-electron chi connectivity index (χ2n) is 10.1. The van der Waals surface area contributed by atoms with Crippen LogP contribution in [-0.2, 0) is 27.2 Å². The number of aryl methyl sites for hydroxylation is 1. The molecule has 2 aliphatic heterocycles. The first-order chi connectivity index (χ1) is 17.4. The number of benzene rings is 3. The summed E-state index contributed by atoms with van der Waals surface area (Å²) < 4.78 is 23.8. The van der Waals surface area contributed by atoms with Crippen molar-refractivity contribution in [3.05, 3.63) is 95.1 Å². The maximum absolute atomic E-state index is 10.9. The van der Waals surface area contributed by atoms with Crippen LogP contribution in [0.1, 0.15) is 42.2 Å². The highest BCUT2D eigenvalue weighted by Gasteiger charge is 2.40. The van der Waals surface area contributed by atoms with Crippen molar-refractivity contribution in [1.82, 2.24) is 4.90 Å². The molecule has 6 nitrogen and oxygen atoms in total. The van der Waals surface area contributed by atoms with Crippen LogP contribution in [-0.4, -0.2) is 48.7 Å². The van der Waals surface area contributed by atoms with Gasteiger partial charge in [0.15, 0.2) is 5.79 Å². The molecule has 1 saturated heterocycles. The van der Waals surface area contributed by atoms with Gasteiger partial charge in [-0.05, 0) is 49.1 Å². The van der Waals surface area contributed by atoms with Crippen LogP contribution in [0, 0.1) is 6.92 Å². The Kier molecular flexibility index (Phi) is 7.46. The normalized spacial score (nSPS) is 20.6. The van der Waals surface area contributed by atoms with Gasteiger partial charge in [0.1, 0.15) is 18.5 Å². The Morgan fingerprint density at radius 2 is 1.61 bits per heavy atom. The molecule has 2 atom stereocenters. The molecule has 2 unspecified atom stereocenters. The van der Waals surface area contributed by atoms with Crippen molar-refractivity contribution in [2.24, 2.45) is 0 Å². The SMILES string of the molecule is Cc1ccc(OCC2COC(C)(C)O2)c2c1C(CN(Cc1ccccc1)Cc1ccccc1)OB2O. The van der Waals surface area contributed by atoms with E-state index >= 15 is 0 Å². The van der Waals surface area contributed by atoms with E-state index in [2.05, 4.69) is 60.4 Å². The van der Waals surface area contributed by atoms with E-state index in [0.717, 1.165) is 29.7 Å². The van der Waals surface area contributed by atoms with Gasteiger partial charge >= 0.3 is 7.12 Å². The van der Waals surface area contributed by atoms with Crippen LogP contribution in [0.3, 0.4) is 0 Å². The van der Waals surface area contributed by atoms with E-state index in [9.17, 15) is 5.02 Å². The summed E-state index contributed by atoms with van der Waals surface area (Å²) in [7, 11) is -1.03. The van der Waals surface area contributed by atoms with E-state index in [-0.39, 0.29) is 12.2 Å². The summed E-state index contributed by atoms with van der Waals surface area (Å²) in [6.45, 7) is 8.90. The van der Waals surface area contributed by atoms with E-state index in [1.165, 1.54) is 11.1 Å². The van der Waals surface area contributed by atoms with Gasteiger partial charge in [-0.2, -0.15) is 0 Å². The van der Waals surface area contributed by atoms with Crippen LogP contribution in [0.5, 0.6) is 5.75 Å². The summed E-state index contributed by atoms with van der Waals surface area (Å²) in [4.78, 5) is 2.37. The Morgan fingerprint density at radius 3 is 2.19 bits per heavy atom. The third-order valence-corrected chi connectivity index (χ3v) is 6.74. The predicted octanol–water partition coefficient (Wildman–Crippen LogP) is 3.99. The maximum atomic E-state index is 10.9. The smallest absolute Gasteiger partial charge is 0.491 e. The number of nitrogens with zero attached hydrogens (tertiary/aromatic N) is 1. The molecule has 1 N–H and O–H groups in total. The fourth-order valence-electron chi connectivity index (χ4n) is 5.09. The van der Waals surface area contributed by atoms with E-state index in [4.69, 9.17) is 18.9 Å². The van der Waals surface area contributed by atoms with Crippen LogP contribution in [0.25, 0.3) is 0 Å². The Morgan fingerprint density at radius 1 is 0.972 bits per heavy atom. The number of ether oxygens (including phenoxy) is 3. The van der Waals surface area contributed by atoms with Crippen LogP contribution < -0.4 is 10.2 Å². The third-order valence-electron chi connectivity index (χ3n) is 6.74. The van der Waals surface area contributed by atoms with Gasteiger partial charge in [-0.15, -0.1) is 0 Å². The highest BCUT2D eigenvalue weighted by molar-refractivity contribution is 6.63. The fraction of sp³-hybridized carbons (Fsp3) is 0.379. The largest absolute Gasteiger partial charge is 0.495 e. The molecule has 2 heterocycles. The summed E-state index contributed by atoms with van der Waals surface area (Å²) in [6, 6.07) is 24.8. The standard InChI is InChI=1S/C29H34BNO5/c1-21-14-15-25(33-19-24-20-34-29(2,3)35-24)28-27(21)26(36-30(28)32)18-31(16-22-10-6-4-7-11-22)17-23-12-8-5-9-13-23/h4-15,24,26,32H,16-20H2,1-3H3. The zero-order valence-corrected chi connectivity index (χ0v) is 21.2. The zero-order valence-electron chi connectivity index (χ0n) is 21.2. The average molecular weight is 487 g/mol. The lowest BCUT2D eigenvalue weighted by Crippen LogP contribution is -2.32. The highest BCUT2D eigenvalue weighted by atomic mass is 16.7. The molecule has 188 valence electrons. The monoisotopic (exact) mass is 487 g/mol. The minimum Gasteiger partial charge on any atom is -0.491 e. The first-order valence-corrected chi connectivity index (χ1v) is 12.6. The first-order valence-electron chi connectivity index (χ1n) is 12.6. The van der Waals surface area contributed by atoms with Gasteiger partial charge in [-0.1, -0.05) is 66.7 Å². The fourth-order valence-corrected chi connectivity index (χ4v) is 5.09. The number of rotatable bonds is 9. The van der Waals surface area contributed by atoms with E-state index < -0.39 is 12.9 Å². The lowest BCUT2D eigenvalue weighted by atomic mass is 9.77. The van der Waals surface area contributed by atoms with Crippen LogP contribution in [0.15, 0.2) is 72.8 Å². The van der Waals surface area contributed by atoms with Crippen LogP contribution >= 0.6 is 0 Å². The summed E-state index contributed by atoms with van der Waals surface area (Å²) >= 11 is 0. The van der Waals surface area contributed by atoms with Gasteiger partial charge in [0, 0.05) is 25.1 Å². The lowest BCUT2D eigenvalue weighted by Gasteiger charge is -2.27. The Labute approximate surface area is 213 Å². The molecule has 36 heavy (non-hydrogen) atoms. The summed E-state index contributed by atoms with van der Waals surface area (Å²) in [5.74, 6) is 0.0364. The van der Waals surface area contributed by atoms with Gasteiger partial charge in [0.2, 0.25) is 0 Å². The van der Waals surface area contributed by atoms with Crippen molar-refractivity contribution < 1.29 is 23.9 Å². The first kappa shape index (κ1) is 25.0. The molecule has 1 fully saturated rings. The van der Waals surface area contributed by atoms with Crippen molar-refractivity contribution in [1.29, 1.82) is 0 Å². The van der Waals surface area contributed by atoms with Crippen molar-refractivity contribution >= 4 is 12.6 Å². The minimum atomic E-state index is -1.03. The molecule has 0 saturated carbocycles. The van der Waals surface area contributed by atoms with Gasteiger partial charge in [-0.3, -0.25) is 4.90 Å². The molecule has 0 spiro atoms. The van der Waals surface area contributed by atoms with Gasteiger partial charge in [0.25, 0.3) is 0 Å². The molecule has 0 aromatic heterocycles. The van der Waals surface area contributed by atoms with Gasteiger partial charge in [-0.25, -0.2) is 0 Å². The number of hydrogen-bond donors (Lipinski definition) is 1. The molecule has 5 rings (SSSR count). The van der Waals surface area contributed by atoms with Crippen LogP contribution in [0.4, 0.5) is 0 Å². The Hall–Kier alpha value is -2.68. The minimum absolute atomic E-state index is 0.153. The second-order valence-corrected chi connectivity index (χ2v) is 10.1. The molecule has 0 radical (unpaired) electrons. The quantitative estimate of drug-likeness (QED) is 0.461. The molecule has 3 aromatic carbocycles. The van der Waals surface area contributed by atoms with Crippen molar-refractivity contribution in [2.45, 2.75) is 51.9 Å². The van der Waals surface area contributed by atoms with Crippen molar-refractivity contribution in [2.75, 3.05) is 19.8 Å². The highest BCUT2D eigenvalue weighted by Crippen LogP contribution is 2.32. The van der Waals surface area contributed by atoms with Gasteiger partial charge < -0.3 is 23.9 Å². The maximum Gasteiger partial charge on any atom is 0.495 e. The topological polar surface area (TPSA) is 60.4 Å². The van der Waals surface area contributed by atoms with E-state index in [1.54, 1.807) is 0 Å². The third kappa shape index (κ3) is 5.82. The van der Waals surface area contributed by atoms with Crippen LogP contribution in [0.2, 0.25) is 0 Å². The molecular formula is C29H34BNO5. The van der Waals surface area contributed by atoms with Crippen molar-refractivity contribution in [3.8, 4) is 5.75 Å². The van der Waals surface area contributed by atoms with E-state index in [1.807, 2.05) is 38.1 Å². The summed E-state index contributed by atoms with van der Waals surface area (Å²) in [6.07, 6.45) is -0.421. The lowest BCUT2D eigenvalue weighted by molar-refractivity contribution is -0.141. The second kappa shape index (κ2) is 10.7. The molecule has 2 aliphatic rings. The summed E-state index contributed by atoms with van der Waals surface area (Å²) in [5, 5.41) is 10.9. The number of fused-ring (bicyclic) bond motifs is 1. The molecule has 7 heteroatoms. The molecule has 0 amide bonds. The zero-order chi connectivity index (χ0) is 25.1. The molecule has 0 aliphatic carbocycles. The predicted molar refractivity (Wildman–Crippen MR) is 140 cm³/mol. The number of hydrogen-bond acceptors (Lipinski definition) is 6. The van der Waals surface area contributed by atoms with Crippen molar-refractivity contribution in [3.63, 3.8) is 0 Å². The Balaban J connectivity index is 1.35. The van der Waals surface area contributed by atoms with Gasteiger partial charge in [0.05, 0.1) is 12.7 Å². The summed E-state index contributed by atoms with van der Waals surface area (Å²) in [5.41, 5.74) is 5.29.